The number of hydrogen-bond donors (Lipinski definition) is 0. The molecule has 0 saturated heterocycles. The van der Waals surface area contributed by atoms with Crippen LogP contribution in [-0.4, -0.2) is 14.4 Å². The molecule has 23 heavy (non-hydrogen) atoms. The first-order valence-corrected chi connectivity index (χ1v) is 11.1. The average Bonchev–Trinajstić information content (AvgIpc) is 2.51. The van der Waals surface area contributed by atoms with E-state index in [9.17, 15) is 4.79 Å². The first-order chi connectivity index (χ1) is 10.8. The Bertz CT molecular complexity index is 541. The summed E-state index contributed by atoms with van der Waals surface area (Å²) >= 11 is 0. The van der Waals surface area contributed by atoms with Gasteiger partial charge in [0.2, 0.25) is 0 Å². The Kier molecular flexibility index (Phi) is 7.25. The molecule has 1 atom stereocenters. The van der Waals surface area contributed by atoms with Gasteiger partial charge in [0.15, 0.2) is 6.29 Å². The van der Waals surface area contributed by atoms with Crippen molar-refractivity contribution in [1.82, 2.24) is 0 Å². The Balaban J connectivity index is 3.35. The number of allylic oxidation sites excluding steroid dienone is 1. The Labute approximate surface area is 143 Å². The van der Waals surface area contributed by atoms with E-state index in [-0.39, 0.29) is 5.92 Å². The van der Waals surface area contributed by atoms with Crippen molar-refractivity contribution in [2.45, 2.75) is 71.0 Å². The third-order valence-corrected chi connectivity index (χ3v) is 12.0. The molecule has 0 aliphatic carbocycles. The Morgan fingerprint density at radius 1 is 0.913 bits per heavy atom. The number of aldehydes is 1. The van der Waals surface area contributed by atoms with Crippen LogP contribution in [0.5, 0.6) is 0 Å². The van der Waals surface area contributed by atoms with Crippen molar-refractivity contribution in [1.29, 1.82) is 0 Å². The second kappa shape index (κ2) is 8.47. The molecule has 1 nitrogen and oxygen atoms in total. The van der Waals surface area contributed by atoms with Gasteiger partial charge in [-0.1, -0.05) is 84.5 Å². The van der Waals surface area contributed by atoms with Crippen LogP contribution in [0.4, 0.5) is 0 Å². The first-order valence-electron chi connectivity index (χ1n) is 8.75. The SMILES string of the molecule is CC(C(=C=C[Si](C(C)C)(C(C)C)C(C)C)C=O)c1ccccc1. The van der Waals surface area contributed by atoms with Crippen LogP contribution >= 0.6 is 0 Å². The van der Waals surface area contributed by atoms with E-state index in [1.165, 1.54) is 5.56 Å². The summed E-state index contributed by atoms with van der Waals surface area (Å²) in [4.78, 5) is 11.6. The van der Waals surface area contributed by atoms with Crippen LogP contribution < -0.4 is 0 Å². The van der Waals surface area contributed by atoms with E-state index >= 15 is 0 Å². The van der Waals surface area contributed by atoms with Gasteiger partial charge in [0.05, 0.1) is 8.07 Å². The maximum Gasteiger partial charge on any atom is 0.154 e. The van der Waals surface area contributed by atoms with Gasteiger partial charge in [-0.2, -0.15) is 0 Å². The lowest BCUT2D eigenvalue weighted by Crippen LogP contribution is -2.42. The van der Waals surface area contributed by atoms with Gasteiger partial charge in [0.25, 0.3) is 0 Å². The molecule has 0 fully saturated rings. The number of benzene rings is 1. The number of carbonyl (C=O) groups excluding carboxylic acids is 1. The highest BCUT2D eigenvalue weighted by atomic mass is 28.3. The molecule has 0 aliphatic rings. The van der Waals surface area contributed by atoms with E-state index in [0.717, 1.165) is 11.9 Å². The summed E-state index contributed by atoms with van der Waals surface area (Å²) in [5.74, 6) is 0.0862. The molecule has 1 aromatic carbocycles. The molecule has 0 amide bonds. The van der Waals surface area contributed by atoms with E-state index in [0.29, 0.717) is 16.6 Å². The van der Waals surface area contributed by atoms with Crippen LogP contribution in [0.15, 0.2) is 47.3 Å². The molecule has 0 aromatic heterocycles. The summed E-state index contributed by atoms with van der Waals surface area (Å²) in [7, 11) is -1.67. The second-order valence-electron chi connectivity index (χ2n) is 7.46. The van der Waals surface area contributed by atoms with Crippen LogP contribution in [-0.2, 0) is 4.79 Å². The van der Waals surface area contributed by atoms with Gasteiger partial charge in [-0.3, -0.25) is 4.79 Å². The van der Waals surface area contributed by atoms with Crippen molar-refractivity contribution in [2.24, 2.45) is 0 Å². The zero-order chi connectivity index (χ0) is 17.6. The largest absolute Gasteiger partial charge is 0.298 e. The number of rotatable bonds is 7. The quantitative estimate of drug-likeness (QED) is 0.249. The third kappa shape index (κ3) is 4.34. The molecule has 0 saturated carbocycles. The molecule has 126 valence electrons. The molecule has 0 spiro atoms. The molecule has 0 radical (unpaired) electrons. The van der Waals surface area contributed by atoms with Crippen molar-refractivity contribution >= 4 is 14.4 Å². The standard InChI is InChI=1S/C21H32OSi/c1-16(2)23(17(3)4,18(5)6)14-13-21(15-22)19(7)20-11-9-8-10-12-20/h8-12,14-19H,1-7H3. The van der Waals surface area contributed by atoms with Crippen molar-refractivity contribution in [3.63, 3.8) is 0 Å². The van der Waals surface area contributed by atoms with E-state index < -0.39 is 8.07 Å². The maximum absolute atomic E-state index is 11.6. The fraction of sp³-hybridized carbons (Fsp3) is 0.524. The predicted octanol–water partition coefficient (Wildman–Crippen LogP) is 6.29. The van der Waals surface area contributed by atoms with Gasteiger partial charge in [-0.15, -0.1) is 5.73 Å². The fourth-order valence-electron chi connectivity index (χ4n) is 3.89. The Hall–Kier alpha value is -1.37. The van der Waals surface area contributed by atoms with E-state index in [1.54, 1.807) is 0 Å². The first kappa shape index (κ1) is 19.7. The van der Waals surface area contributed by atoms with Crippen molar-refractivity contribution in [3.8, 4) is 0 Å². The minimum atomic E-state index is -1.67. The van der Waals surface area contributed by atoms with E-state index in [4.69, 9.17) is 0 Å². The van der Waals surface area contributed by atoms with Crippen LogP contribution in [0.25, 0.3) is 0 Å². The van der Waals surface area contributed by atoms with Gasteiger partial charge in [-0.05, 0) is 22.2 Å². The van der Waals surface area contributed by atoms with Gasteiger partial charge in [-0.25, -0.2) is 0 Å². The average molecular weight is 329 g/mol. The molecule has 1 unspecified atom stereocenters. The minimum absolute atomic E-state index is 0.0862. The highest BCUT2D eigenvalue weighted by molar-refractivity contribution is 6.87. The van der Waals surface area contributed by atoms with Crippen LogP contribution in [0, 0.1) is 0 Å². The molecular formula is C21H32OSi. The lowest BCUT2D eigenvalue weighted by atomic mass is 9.94. The van der Waals surface area contributed by atoms with Crippen molar-refractivity contribution in [2.75, 3.05) is 0 Å². The summed E-state index contributed by atoms with van der Waals surface area (Å²) in [6.45, 7) is 16.0. The van der Waals surface area contributed by atoms with E-state index in [1.807, 2.05) is 18.2 Å². The summed E-state index contributed by atoms with van der Waals surface area (Å²) in [5.41, 5.74) is 9.58. The zero-order valence-electron chi connectivity index (χ0n) is 15.8. The molecule has 0 bridgehead atoms. The normalized spacial score (nSPS) is 13.1. The summed E-state index contributed by atoms with van der Waals surface area (Å²) in [6, 6.07) is 10.2. The maximum atomic E-state index is 11.6. The minimum Gasteiger partial charge on any atom is -0.298 e. The molecular weight excluding hydrogens is 296 g/mol. The Morgan fingerprint density at radius 3 is 1.78 bits per heavy atom. The topological polar surface area (TPSA) is 17.1 Å². The van der Waals surface area contributed by atoms with Crippen LogP contribution in [0.2, 0.25) is 16.6 Å². The molecule has 0 heterocycles. The third-order valence-electron chi connectivity index (χ3n) is 5.38. The monoisotopic (exact) mass is 328 g/mol. The van der Waals surface area contributed by atoms with Crippen molar-refractivity contribution in [3.05, 3.63) is 52.9 Å². The van der Waals surface area contributed by atoms with Crippen LogP contribution in [0.1, 0.15) is 59.9 Å². The fourth-order valence-corrected chi connectivity index (χ4v) is 9.31. The van der Waals surface area contributed by atoms with Crippen molar-refractivity contribution < 1.29 is 4.79 Å². The molecule has 1 aromatic rings. The molecule has 1 rings (SSSR count). The lowest BCUT2D eigenvalue weighted by molar-refractivity contribution is -0.105. The summed E-state index contributed by atoms with van der Waals surface area (Å²) in [5, 5.41) is 0. The van der Waals surface area contributed by atoms with Gasteiger partial charge >= 0.3 is 0 Å². The Morgan fingerprint density at radius 2 is 1.39 bits per heavy atom. The molecule has 0 aliphatic heterocycles. The lowest BCUT2D eigenvalue weighted by Gasteiger charge is -2.40. The van der Waals surface area contributed by atoms with E-state index in [2.05, 4.69) is 72.0 Å². The number of hydrogen-bond acceptors (Lipinski definition) is 1. The predicted molar refractivity (Wildman–Crippen MR) is 104 cm³/mol. The summed E-state index contributed by atoms with van der Waals surface area (Å²) in [6.07, 6.45) is 0.980. The number of carbonyl (C=O) groups is 1. The second-order valence-corrected chi connectivity index (χ2v) is 13.2. The van der Waals surface area contributed by atoms with Gasteiger partial charge in [0.1, 0.15) is 0 Å². The summed E-state index contributed by atoms with van der Waals surface area (Å²) < 4.78 is 0. The highest BCUT2D eigenvalue weighted by Gasteiger charge is 2.40. The van der Waals surface area contributed by atoms with Gasteiger partial charge in [0, 0.05) is 11.5 Å². The zero-order valence-corrected chi connectivity index (χ0v) is 16.8. The van der Waals surface area contributed by atoms with Crippen LogP contribution in [0.3, 0.4) is 0 Å². The molecule has 2 heteroatoms. The van der Waals surface area contributed by atoms with Gasteiger partial charge < -0.3 is 0 Å². The highest BCUT2D eigenvalue weighted by Crippen LogP contribution is 2.42. The smallest absolute Gasteiger partial charge is 0.154 e. The molecule has 0 N–H and O–H groups in total.